The summed E-state index contributed by atoms with van der Waals surface area (Å²) in [6.07, 6.45) is 11.6. The van der Waals surface area contributed by atoms with Crippen LogP contribution in [0, 0.1) is 10.8 Å². The van der Waals surface area contributed by atoms with Gasteiger partial charge in [-0.2, -0.15) is 0 Å². The lowest BCUT2D eigenvalue weighted by Gasteiger charge is -2.42. The van der Waals surface area contributed by atoms with Crippen LogP contribution < -0.4 is 5.73 Å². The van der Waals surface area contributed by atoms with E-state index in [1.54, 1.807) is 0 Å². The first-order valence-corrected chi connectivity index (χ1v) is 8.88. The molecule has 2 N–H and O–H groups in total. The van der Waals surface area contributed by atoms with E-state index in [0.29, 0.717) is 23.9 Å². The lowest BCUT2D eigenvalue weighted by molar-refractivity contribution is -0.144. The van der Waals surface area contributed by atoms with Gasteiger partial charge >= 0.3 is 0 Å². The van der Waals surface area contributed by atoms with Crippen molar-refractivity contribution in [2.24, 2.45) is 16.6 Å². The zero-order chi connectivity index (χ0) is 15.5. The molecule has 0 saturated heterocycles. The molecule has 0 heterocycles. The Morgan fingerprint density at radius 3 is 2.05 bits per heavy atom. The van der Waals surface area contributed by atoms with E-state index in [2.05, 4.69) is 18.7 Å². The van der Waals surface area contributed by atoms with Crippen molar-refractivity contribution >= 4 is 5.91 Å². The van der Waals surface area contributed by atoms with E-state index in [-0.39, 0.29) is 5.41 Å². The summed E-state index contributed by atoms with van der Waals surface area (Å²) in [5.74, 6) is 0.330. The predicted molar refractivity (Wildman–Crippen MR) is 88.0 cm³/mol. The Bertz CT molecular complexity index is 346. The van der Waals surface area contributed by atoms with Crippen molar-refractivity contribution in [3.8, 4) is 0 Å². The molecule has 0 aliphatic heterocycles. The highest BCUT2D eigenvalue weighted by molar-refractivity contribution is 5.83. The molecule has 3 heteroatoms. The molecule has 0 spiro atoms. The number of hydrogen-bond donors (Lipinski definition) is 1. The van der Waals surface area contributed by atoms with Gasteiger partial charge in [-0.05, 0) is 43.9 Å². The molecular weight excluding hydrogens is 260 g/mol. The maximum absolute atomic E-state index is 13.1. The summed E-state index contributed by atoms with van der Waals surface area (Å²) in [7, 11) is 2.02. The molecule has 2 rings (SSSR count). The molecule has 21 heavy (non-hydrogen) atoms. The first-order valence-electron chi connectivity index (χ1n) is 8.88. The Morgan fingerprint density at radius 2 is 1.57 bits per heavy atom. The van der Waals surface area contributed by atoms with Crippen molar-refractivity contribution in [2.45, 2.75) is 84.1 Å². The summed E-state index contributed by atoms with van der Waals surface area (Å²) in [6, 6.07) is 0.428. The standard InChI is InChI=1S/C18H34N2O/c1-17(2)12-8-15(9-13-17)20(3)16(21)18(14-19)10-6-4-5-7-11-18/h15H,4-14,19H2,1-3H3. The van der Waals surface area contributed by atoms with Gasteiger partial charge in [-0.1, -0.05) is 39.5 Å². The third-order valence-electron chi connectivity index (χ3n) is 6.08. The summed E-state index contributed by atoms with van der Waals surface area (Å²) >= 11 is 0. The minimum Gasteiger partial charge on any atom is -0.342 e. The number of nitrogens with zero attached hydrogens (tertiary/aromatic N) is 1. The van der Waals surface area contributed by atoms with Crippen LogP contribution in [0.1, 0.15) is 78.1 Å². The average Bonchev–Trinajstić information content (AvgIpc) is 2.72. The van der Waals surface area contributed by atoms with Gasteiger partial charge in [0.05, 0.1) is 5.41 Å². The summed E-state index contributed by atoms with van der Waals surface area (Å²) in [5, 5.41) is 0. The van der Waals surface area contributed by atoms with Crippen LogP contribution in [0.15, 0.2) is 0 Å². The third-order valence-corrected chi connectivity index (χ3v) is 6.08. The molecule has 122 valence electrons. The first-order chi connectivity index (χ1) is 9.90. The maximum atomic E-state index is 13.1. The molecule has 0 aromatic heterocycles. The average molecular weight is 294 g/mol. The molecule has 0 bridgehead atoms. The van der Waals surface area contributed by atoms with Gasteiger partial charge in [0.15, 0.2) is 0 Å². The van der Waals surface area contributed by atoms with Crippen LogP contribution in [0.3, 0.4) is 0 Å². The van der Waals surface area contributed by atoms with E-state index in [1.165, 1.54) is 25.7 Å². The van der Waals surface area contributed by atoms with E-state index in [1.807, 2.05) is 7.05 Å². The molecule has 2 aliphatic carbocycles. The molecule has 2 fully saturated rings. The Labute approximate surface area is 130 Å². The molecule has 0 atom stereocenters. The van der Waals surface area contributed by atoms with Crippen LogP contribution in [0.2, 0.25) is 0 Å². The second-order valence-electron chi connectivity index (χ2n) is 8.21. The highest BCUT2D eigenvalue weighted by atomic mass is 16.2. The number of carbonyl (C=O) groups excluding carboxylic acids is 1. The highest BCUT2D eigenvalue weighted by Crippen LogP contribution is 2.40. The number of carbonyl (C=O) groups is 1. The van der Waals surface area contributed by atoms with Crippen molar-refractivity contribution in [1.29, 1.82) is 0 Å². The van der Waals surface area contributed by atoms with Crippen molar-refractivity contribution in [3.05, 3.63) is 0 Å². The quantitative estimate of drug-likeness (QED) is 0.806. The van der Waals surface area contributed by atoms with Gasteiger partial charge in [0.1, 0.15) is 0 Å². The molecule has 0 radical (unpaired) electrons. The van der Waals surface area contributed by atoms with Crippen molar-refractivity contribution in [1.82, 2.24) is 4.90 Å². The van der Waals surface area contributed by atoms with Gasteiger partial charge in [-0.25, -0.2) is 0 Å². The monoisotopic (exact) mass is 294 g/mol. The highest BCUT2D eigenvalue weighted by Gasteiger charge is 2.41. The minimum atomic E-state index is -0.266. The number of amides is 1. The molecular formula is C18H34N2O. The van der Waals surface area contributed by atoms with Crippen molar-refractivity contribution in [3.63, 3.8) is 0 Å². The van der Waals surface area contributed by atoms with Crippen molar-refractivity contribution < 1.29 is 4.79 Å². The maximum Gasteiger partial charge on any atom is 0.230 e. The fourth-order valence-corrected chi connectivity index (χ4v) is 4.22. The van der Waals surface area contributed by atoms with Crippen molar-refractivity contribution in [2.75, 3.05) is 13.6 Å². The molecule has 0 aromatic carbocycles. The van der Waals surface area contributed by atoms with Crippen LogP contribution in [0.4, 0.5) is 0 Å². The number of nitrogens with two attached hydrogens (primary N) is 1. The van der Waals surface area contributed by atoms with Crippen LogP contribution in [0.5, 0.6) is 0 Å². The van der Waals surface area contributed by atoms with Gasteiger partial charge in [0.2, 0.25) is 5.91 Å². The fraction of sp³-hybridized carbons (Fsp3) is 0.944. The second kappa shape index (κ2) is 6.68. The first kappa shape index (κ1) is 16.8. The van der Waals surface area contributed by atoms with Crippen LogP contribution in [-0.4, -0.2) is 30.4 Å². The van der Waals surface area contributed by atoms with Crippen LogP contribution >= 0.6 is 0 Å². The lowest BCUT2D eigenvalue weighted by Crippen LogP contribution is -2.51. The predicted octanol–water partition coefficient (Wildman–Crippen LogP) is 3.71. The molecule has 3 nitrogen and oxygen atoms in total. The molecule has 2 aliphatic rings. The molecule has 0 unspecified atom stereocenters. The summed E-state index contributed by atoms with van der Waals surface area (Å²) in [4.78, 5) is 15.2. The summed E-state index contributed by atoms with van der Waals surface area (Å²) < 4.78 is 0. The third kappa shape index (κ3) is 3.80. The lowest BCUT2D eigenvalue weighted by atomic mass is 9.74. The van der Waals surface area contributed by atoms with Crippen LogP contribution in [-0.2, 0) is 4.79 Å². The molecule has 1 amide bonds. The normalized spacial score (nSPS) is 26.1. The smallest absolute Gasteiger partial charge is 0.230 e. The Hall–Kier alpha value is -0.570. The minimum absolute atomic E-state index is 0.266. The van der Waals surface area contributed by atoms with Gasteiger partial charge in [-0.15, -0.1) is 0 Å². The topological polar surface area (TPSA) is 46.3 Å². The fourth-order valence-electron chi connectivity index (χ4n) is 4.22. The molecule has 2 saturated carbocycles. The molecule has 0 aromatic rings. The number of hydrogen-bond acceptors (Lipinski definition) is 2. The van der Waals surface area contributed by atoms with Gasteiger partial charge < -0.3 is 10.6 Å². The zero-order valence-electron chi connectivity index (χ0n) is 14.3. The largest absolute Gasteiger partial charge is 0.342 e. The van der Waals surface area contributed by atoms with E-state index in [9.17, 15) is 4.79 Å². The van der Waals surface area contributed by atoms with Crippen LogP contribution in [0.25, 0.3) is 0 Å². The van der Waals surface area contributed by atoms with E-state index in [4.69, 9.17) is 5.73 Å². The van der Waals surface area contributed by atoms with E-state index < -0.39 is 0 Å². The SMILES string of the molecule is CN(C(=O)C1(CN)CCCCCC1)C1CCC(C)(C)CC1. The second-order valence-corrected chi connectivity index (χ2v) is 8.21. The van der Waals surface area contributed by atoms with Gasteiger partial charge in [0, 0.05) is 19.6 Å². The zero-order valence-corrected chi connectivity index (χ0v) is 14.3. The Kier molecular flexibility index (Phi) is 5.34. The van der Waals surface area contributed by atoms with Gasteiger partial charge in [0.25, 0.3) is 0 Å². The summed E-state index contributed by atoms with van der Waals surface area (Å²) in [5.41, 5.74) is 6.26. The Balaban J connectivity index is 2.03. The Morgan fingerprint density at radius 1 is 1.05 bits per heavy atom. The van der Waals surface area contributed by atoms with E-state index >= 15 is 0 Å². The number of rotatable bonds is 3. The summed E-state index contributed by atoms with van der Waals surface area (Å²) in [6.45, 7) is 5.21. The van der Waals surface area contributed by atoms with E-state index in [0.717, 1.165) is 38.5 Å². The van der Waals surface area contributed by atoms with Gasteiger partial charge in [-0.3, -0.25) is 4.79 Å².